The lowest BCUT2D eigenvalue weighted by molar-refractivity contribution is 0.886. The van der Waals surface area contributed by atoms with E-state index in [1.165, 1.54) is 4.88 Å². The van der Waals surface area contributed by atoms with E-state index in [1.807, 2.05) is 18.2 Å². The quantitative estimate of drug-likeness (QED) is 0.792. The molecule has 0 saturated carbocycles. The van der Waals surface area contributed by atoms with Crippen molar-refractivity contribution in [3.05, 3.63) is 47.7 Å². The van der Waals surface area contributed by atoms with E-state index >= 15 is 0 Å². The van der Waals surface area contributed by atoms with E-state index in [0.717, 1.165) is 16.5 Å². The second-order valence-corrected chi connectivity index (χ2v) is 5.83. The van der Waals surface area contributed by atoms with E-state index in [0.29, 0.717) is 11.9 Å². The first kappa shape index (κ1) is 13.6. The summed E-state index contributed by atoms with van der Waals surface area (Å²) in [6.07, 6.45) is 5.18. The SMILES string of the molecule is CC(C)c1sc(Nc2ncccn2)nc1-c1ccccn1. The van der Waals surface area contributed by atoms with Gasteiger partial charge in [-0.2, -0.15) is 0 Å². The van der Waals surface area contributed by atoms with Crippen LogP contribution in [0.5, 0.6) is 0 Å². The number of anilines is 2. The second kappa shape index (κ2) is 5.97. The zero-order valence-corrected chi connectivity index (χ0v) is 12.6. The summed E-state index contributed by atoms with van der Waals surface area (Å²) in [4.78, 5) is 18.6. The Morgan fingerprint density at radius 2 is 1.76 bits per heavy atom. The molecule has 3 aromatic heterocycles. The van der Waals surface area contributed by atoms with Gasteiger partial charge in [-0.15, -0.1) is 11.3 Å². The number of nitrogens with one attached hydrogen (secondary N) is 1. The fourth-order valence-corrected chi connectivity index (χ4v) is 2.89. The van der Waals surface area contributed by atoms with Gasteiger partial charge in [0.2, 0.25) is 5.95 Å². The molecule has 0 unspecified atom stereocenters. The summed E-state index contributed by atoms with van der Waals surface area (Å²) >= 11 is 1.62. The number of aromatic nitrogens is 4. The molecule has 0 spiro atoms. The molecule has 0 bridgehead atoms. The Hall–Kier alpha value is -2.34. The van der Waals surface area contributed by atoms with E-state index in [1.54, 1.807) is 36.0 Å². The van der Waals surface area contributed by atoms with Crippen molar-refractivity contribution < 1.29 is 0 Å². The largest absolute Gasteiger partial charge is 0.300 e. The van der Waals surface area contributed by atoms with Crippen LogP contribution in [0.4, 0.5) is 11.1 Å². The van der Waals surface area contributed by atoms with E-state index in [-0.39, 0.29) is 0 Å². The van der Waals surface area contributed by atoms with Crippen molar-refractivity contribution in [3.63, 3.8) is 0 Å². The van der Waals surface area contributed by atoms with Crippen LogP contribution < -0.4 is 5.32 Å². The molecule has 3 aromatic rings. The maximum absolute atomic E-state index is 4.66. The van der Waals surface area contributed by atoms with Crippen LogP contribution in [0.3, 0.4) is 0 Å². The molecule has 0 saturated heterocycles. The molecule has 5 nitrogen and oxygen atoms in total. The Balaban J connectivity index is 1.97. The molecular formula is C15H15N5S. The molecule has 3 heterocycles. The van der Waals surface area contributed by atoms with Crippen molar-refractivity contribution in [1.82, 2.24) is 19.9 Å². The average Bonchev–Trinajstić information content (AvgIpc) is 2.93. The molecule has 0 aliphatic rings. The molecule has 0 aromatic carbocycles. The Morgan fingerprint density at radius 1 is 1.00 bits per heavy atom. The van der Waals surface area contributed by atoms with Gasteiger partial charge in [0.15, 0.2) is 5.13 Å². The molecule has 106 valence electrons. The smallest absolute Gasteiger partial charge is 0.228 e. The highest BCUT2D eigenvalue weighted by molar-refractivity contribution is 7.16. The first-order valence-electron chi connectivity index (χ1n) is 6.70. The first-order chi connectivity index (χ1) is 10.2. The van der Waals surface area contributed by atoms with E-state index in [9.17, 15) is 0 Å². The molecular weight excluding hydrogens is 282 g/mol. The van der Waals surface area contributed by atoms with Gasteiger partial charge < -0.3 is 5.32 Å². The van der Waals surface area contributed by atoms with Crippen LogP contribution in [0.15, 0.2) is 42.9 Å². The van der Waals surface area contributed by atoms with Crippen molar-refractivity contribution in [2.45, 2.75) is 19.8 Å². The Bertz CT molecular complexity index is 709. The molecule has 0 amide bonds. The van der Waals surface area contributed by atoms with Gasteiger partial charge in [0.05, 0.1) is 5.69 Å². The van der Waals surface area contributed by atoms with Crippen molar-refractivity contribution >= 4 is 22.4 Å². The molecule has 0 atom stereocenters. The summed E-state index contributed by atoms with van der Waals surface area (Å²) in [5.74, 6) is 0.931. The van der Waals surface area contributed by atoms with Crippen molar-refractivity contribution in [2.24, 2.45) is 0 Å². The summed E-state index contributed by atoms with van der Waals surface area (Å²) in [6.45, 7) is 4.31. The standard InChI is InChI=1S/C15H15N5S/c1-10(2)13-12(11-6-3-4-7-16-11)19-15(21-13)20-14-17-8-5-9-18-14/h3-10H,1-2H3,(H,17,18,19,20). The lowest BCUT2D eigenvalue weighted by atomic mass is 10.1. The Morgan fingerprint density at radius 3 is 2.43 bits per heavy atom. The van der Waals surface area contributed by atoms with E-state index in [4.69, 9.17) is 0 Å². The van der Waals surface area contributed by atoms with Gasteiger partial charge in [-0.1, -0.05) is 19.9 Å². The van der Waals surface area contributed by atoms with Crippen LogP contribution in [0.2, 0.25) is 0 Å². The number of rotatable bonds is 4. The number of pyridine rings is 1. The zero-order chi connectivity index (χ0) is 14.7. The minimum atomic E-state index is 0.381. The highest BCUT2D eigenvalue weighted by Crippen LogP contribution is 2.35. The highest BCUT2D eigenvalue weighted by Gasteiger charge is 2.17. The van der Waals surface area contributed by atoms with Crippen molar-refractivity contribution in [1.29, 1.82) is 0 Å². The monoisotopic (exact) mass is 297 g/mol. The molecule has 0 radical (unpaired) electrons. The van der Waals surface area contributed by atoms with Gasteiger partial charge in [0.1, 0.15) is 5.69 Å². The molecule has 6 heteroatoms. The van der Waals surface area contributed by atoms with Gasteiger partial charge >= 0.3 is 0 Å². The number of thiazole rings is 1. The third kappa shape index (κ3) is 3.05. The predicted molar refractivity (Wildman–Crippen MR) is 84.7 cm³/mol. The van der Waals surface area contributed by atoms with Crippen LogP contribution in [0.1, 0.15) is 24.6 Å². The fourth-order valence-electron chi connectivity index (χ4n) is 1.92. The lowest BCUT2D eigenvalue weighted by Crippen LogP contribution is -1.95. The number of hydrogen-bond acceptors (Lipinski definition) is 6. The molecule has 0 fully saturated rings. The third-order valence-electron chi connectivity index (χ3n) is 2.87. The predicted octanol–water partition coefficient (Wildman–Crippen LogP) is 3.86. The topological polar surface area (TPSA) is 63.6 Å². The van der Waals surface area contributed by atoms with E-state index in [2.05, 4.69) is 39.1 Å². The van der Waals surface area contributed by atoms with Gasteiger partial charge in [-0.3, -0.25) is 4.98 Å². The fraction of sp³-hybridized carbons (Fsp3) is 0.200. The Labute approximate surface area is 127 Å². The molecule has 21 heavy (non-hydrogen) atoms. The van der Waals surface area contributed by atoms with E-state index < -0.39 is 0 Å². The highest BCUT2D eigenvalue weighted by atomic mass is 32.1. The van der Waals surface area contributed by atoms with Gasteiger partial charge in [0.25, 0.3) is 0 Å². The van der Waals surface area contributed by atoms with Crippen LogP contribution in [0.25, 0.3) is 11.4 Å². The summed E-state index contributed by atoms with van der Waals surface area (Å²) in [5.41, 5.74) is 1.81. The summed E-state index contributed by atoms with van der Waals surface area (Å²) in [6, 6.07) is 7.64. The van der Waals surface area contributed by atoms with Crippen LogP contribution >= 0.6 is 11.3 Å². The number of nitrogens with zero attached hydrogens (tertiary/aromatic N) is 4. The maximum atomic E-state index is 4.66. The van der Waals surface area contributed by atoms with Crippen molar-refractivity contribution in [2.75, 3.05) is 5.32 Å². The first-order valence-corrected chi connectivity index (χ1v) is 7.52. The summed E-state index contributed by atoms with van der Waals surface area (Å²) in [5, 5.41) is 3.93. The van der Waals surface area contributed by atoms with Crippen LogP contribution in [0, 0.1) is 0 Å². The minimum absolute atomic E-state index is 0.381. The lowest BCUT2D eigenvalue weighted by Gasteiger charge is -2.03. The van der Waals surface area contributed by atoms with Gasteiger partial charge in [-0.25, -0.2) is 15.0 Å². The molecule has 0 aliphatic heterocycles. The van der Waals surface area contributed by atoms with Crippen molar-refractivity contribution in [3.8, 4) is 11.4 Å². The summed E-state index contributed by atoms with van der Waals surface area (Å²) in [7, 11) is 0. The number of hydrogen-bond donors (Lipinski definition) is 1. The third-order valence-corrected chi connectivity index (χ3v) is 4.14. The average molecular weight is 297 g/mol. The zero-order valence-electron chi connectivity index (χ0n) is 11.8. The normalized spacial score (nSPS) is 10.8. The summed E-state index contributed by atoms with van der Waals surface area (Å²) < 4.78 is 0. The van der Waals surface area contributed by atoms with Gasteiger partial charge in [0, 0.05) is 23.5 Å². The van der Waals surface area contributed by atoms with Gasteiger partial charge in [-0.05, 0) is 24.1 Å². The molecule has 3 rings (SSSR count). The minimum Gasteiger partial charge on any atom is -0.300 e. The maximum Gasteiger partial charge on any atom is 0.228 e. The second-order valence-electron chi connectivity index (χ2n) is 4.80. The molecule has 1 N–H and O–H groups in total. The molecule has 0 aliphatic carbocycles. The van der Waals surface area contributed by atoms with Crippen LogP contribution in [-0.4, -0.2) is 19.9 Å². The Kier molecular flexibility index (Phi) is 3.87. The van der Waals surface area contributed by atoms with Crippen LogP contribution in [-0.2, 0) is 0 Å².